The van der Waals surface area contributed by atoms with Crippen LogP contribution >= 0.6 is 0 Å². The van der Waals surface area contributed by atoms with Crippen LogP contribution in [0.1, 0.15) is 36.8 Å². The van der Waals surface area contributed by atoms with E-state index in [9.17, 15) is 25.5 Å². The van der Waals surface area contributed by atoms with Crippen LogP contribution in [0.25, 0.3) is 0 Å². The lowest BCUT2D eigenvalue weighted by molar-refractivity contribution is -0.277. The number of rotatable bonds is 3. The van der Waals surface area contributed by atoms with Gasteiger partial charge in [-0.3, -0.25) is 0 Å². The fraction of sp³-hybridized carbons (Fsp3) is 0.520. The zero-order valence-electron chi connectivity index (χ0n) is 18.4. The first kappa shape index (κ1) is 23.9. The van der Waals surface area contributed by atoms with Crippen LogP contribution in [-0.2, 0) is 17.6 Å². The van der Waals surface area contributed by atoms with Crippen LogP contribution in [0.2, 0.25) is 0 Å². The molecule has 0 unspecified atom stereocenters. The second-order valence-electron chi connectivity index (χ2n) is 8.78. The minimum Gasteiger partial charge on any atom is -0.458 e. The summed E-state index contributed by atoms with van der Waals surface area (Å²) in [4.78, 5) is 0. The van der Waals surface area contributed by atoms with Gasteiger partial charge in [-0.15, -0.1) is 0 Å². The highest BCUT2D eigenvalue weighted by Gasteiger charge is 2.45. The van der Waals surface area contributed by atoms with E-state index in [1.165, 1.54) is 5.56 Å². The number of ether oxygens (including phenoxy) is 3. The number of hydrogen-bond acceptors (Lipinski definition) is 8. The van der Waals surface area contributed by atoms with E-state index in [1.807, 2.05) is 36.4 Å². The van der Waals surface area contributed by atoms with Crippen LogP contribution in [0.4, 0.5) is 0 Å². The highest BCUT2D eigenvalue weighted by molar-refractivity contribution is 5.46. The lowest BCUT2D eigenvalue weighted by Crippen LogP contribution is -2.60. The van der Waals surface area contributed by atoms with Crippen molar-refractivity contribution in [3.63, 3.8) is 0 Å². The molecular weight excluding hydrogens is 428 g/mol. The molecular formula is C25H32O8. The Labute approximate surface area is 193 Å². The first-order chi connectivity index (χ1) is 15.9. The summed E-state index contributed by atoms with van der Waals surface area (Å²) in [6.45, 7) is -0.540. The number of fused-ring (bicyclic) bond motifs is 8. The van der Waals surface area contributed by atoms with Crippen molar-refractivity contribution in [2.75, 3.05) is 6.61 Å². The highest BCUT2D eigenvalue weighted by atomic mass is 16.7. The van der Waals surface area contributed by atoms with E-state index in [2.05, 4.69) is 0 Å². The first-order valence-corrected chi connectivity index (χ1v) is 11.5. The maximum atomic E-state index is 10.3. The Morgan fingerprint density at radius 1 is 0.818 bits per heavy atom. The number of aliphatic hydroxyl groups excluding tert-OH is 5. The zero-order chi connectivity index (χ0) is 23.4. The molecule has 4 bridgehead atoms. The van der Waals surface area contributed by atoms with Crippen LogP contribution in [0, 0.1) is 0 Å². The minimum atomic E-state index is -1.53. The van der Waals surface area contributed by atoms with Gasteiger partial charge in [0, 0.05) is 0 Å². The average molecular weight is 461 g/mol. The van der Waals surface area contributed by atoms with Gasteiger partial charge >= 0.3 is 0 Å². The van der Waals surface area contributed by atoms with E-state index in [0.717, 1.165) is 31.2 Å². The lowest BCUT2D eigenvalue weighted by atomic mass is 9.99. The predicted octanol–water partition coefficient (Wildman–Crippen LogP) is 1.68. The van der Waals surface area contributed by atoms with Gasteiger partial charge in [-0.2, -0.15) is 0 Å². The van der Waals surface area contributed by atoms with Crippen molar-refractivity contribution in [1.29, 1.82) is 0 Å². The molecule has 3 aliphatic rings. The van der Waals surface area contributed by atoms with Crippen molar-refractivity contribution in [3.05, 3.63) is 53.6 Å². The molecule has 0 aromatic heterocycles. The second kappa shape index (κ2) is 10.8. The van der Waals surface area contributed by atoms with E-state index in [0.29, 0.717) is 24.3 Å². The molecule has 5 rings (SSSR count). The molecule has 5 N–H and O–H groups in total. The molecule has 8 nitrogen and oxygen atoms in total. The van der Waals surface area contributed by atoms with Crippen molar-refractivity contribution in [3.8, 4) is 17.2 Å². The molecule has 2 aromatic rings. The van der Waals surface area contributed by atoms with Gasteiger partial charge in [0.2, 0.25) is 6.29 Å². The Bertz CT molecular complexity index is 900. The number of aliphatic hydroxyl groups is 5. The van der Waals surface area contributed by atoms with Gasteiger partial charge in [0.25, 0.3) is 0 Å². The van der Waals surface area contributed by atoms with E-state index in [1.54, 1.807) is 6.07 Å². The predicted molar refractivity (Wildman–Crippen MR) is 119 cm³/mol. The molecule has 0 radical (unpaired) electrons. The number of aryl methyl sites for hydroxylation is 2. The van der Waals surface area contributed by atoms with Crippen LogP contribution in [0.5, 0.6) is 17.2 Å². The molecule has 0 saturated carbocycles. The largest absolute Gasteiger partial charge is 0.458 e. The van der Waals surface area contributed by atoms with Crippen LogP contribution < -0.4 is 9.47 Å². The normalized spacial score (nSPS) is 30.7. The van der Waals surface area contributed by atoms with E-state index in [-0.39, 0.29) is 11.9 Å². The van der Waals surface area contributed by atoms with Gasteiger partial charge in [-0.25, -0.2) is 0 Å². The van der Waals surface area contributed by atoms with E-state index >= 15 is 0 Å². The lowest BCUT2D eigenvalue weighted by Gasteiger charge is -2.39. The van der Waals surface area contributed by atoms with Crippen molar-refractivity contribution in [2.24, 2.45) is 0 Å². The minimum absolute atomic E-state index is 0.275. The van der Waals surface area contributed by atoms with Crippen molar-refractivity contribution < 1.29 is 39.7 Å². The van der Waals surface area contributed by atoms with Crippen molar-refractivity contribution in [1.82, 2.24) is 0 Å². The van der Waals surface area contributed by atoms with Crippen LogP contribution in [0.15, 0.2) is 42.5 Å². The van der Waals surface area contributed by atoms with Crippen LogP contribution in [0.3, 0.4) is 0 Å². The summed E-state index contributed by atoms with van der Waals surface area (Å²) in [6.07, 6.45) is -2.29. The molecule has 0 spiro atoms. The fourth-order valence-corrected chi connectivity index (χ4v) is 4.21. The molecule has 1 saturated heterocycles. The quantitative estimate of drug-likeness (QED) is 0.468. The summed E-state index contributed by atoms with van der Waals surface area (Å²) in [5.41, 5.74) is 2.15. The Kier molecular flexibility index (Phi) is 7.85. The monoisotopic (exact) mass is 460 g/mol. The number of benzene rings is 2. The maximum Gasteiger partial charge on any atom is 0.229 e. The summed E-state index contributed by atoms with van der Waals surface area (Å²) in [6, 6.07) is 13.1. The second-order valence-corrected chi connectivity index (χ2v) is 8.78. The topological polar surface area (TPSA) is 129 Å². The van der Waals surface area contributed by atoms with Gasteiger partial charge in [0.05, 0.1) is 12.7 Å². The third-order valence-electron chi connectivity index (χ3n) is 6.27. The van der Waals surface area contributed by atoms with Gasteiger partial charge in [0.15, 0.2) is 11.5 Å². The highest BCUT2D eigenvalue weighted by Crippen LogP contribution is 2.36. The maximum absolute atomic E-state index is 10.3. The molecule has 1 fully saturated rings. The Morgan fingerprint density at radius 2 is 1.58 bits per heavy atom. The Hall–Kier alpha value is -2.20. The summed E-state index contributed by atoms with van der Waals surface area (Å²) < 4.78 is 17.4. The van der Waals surface area contributed by atoms with E-state index < -0.39 is 37.3 Å². The third kappa shape index (κ3) is 5.84. The van der Waals surface area contributed by atoms with Crippen molar-refractivity contribution >= 4 is 0 Å². The van der Waals surface area contributed by atoms with Crippen molar-refractivity contribution in [2.45, 2.75) is 75.3 Å². The molecule has 3 aliphatic heterocycles. The third-order valence-corrected chi connectivity index (χ3v) is 6.27. The van der Waals surface area contributed by atoms with Gasteiger partial charge < -0.3 is 39.7 Å². The fourth-order valence-electron chi connectivity index (χ4n) is 4.21. The zero-order valence-corrected chi connectivity index (χ0v) is 18.4. The summed E-state index contributed by atoms with van der Waals surface area (Å²) in [7, 11) is 0. The first-order valence-electron chi connectivity index (χ1n) is 11.5. The molecule has 3 heterocycles. The Balaban J connectivity index is 1.60. The smallest absolute Gasteiger partial charge is 0.229 e. The Morgan fingerprint density at radius 3 is 2.33 bits per heavy atom. The summed E-state index contributed by atoms with van der Waals surface area (Å²) in [5, 5.41) is 50.2. The van der Waals surface area contributed by atoms with E-state index in [4.69, 9.17) is 14.2 Å². The van der Waals surface area contributed by atoms with Gasteiger partial charge in [-0.1, -0.05) is 24.6 Å². The molecule has 33 heavy (non-hydrogen) atoms. The molecule has 6 atom stereocenters. The van der Waals surface area contributed by atoms with Gasteiger partial charge in [-0.05, 0) is 67.5 Å². The number of hydrogen-bond donors (Lipinski definition) is 5. The SMILES string of the molecule is OC[C@H]1O[C@H](Oc2ccc3cc2Oc2ccc(cc2)CCCC[C@@H](O)CC3)[C@H](O)[C@@H](O)[C@@H]1O. The van der Waals surface area contributed by atoms with Crippen LogP contribution in [-0.4, -0.2) is 68.9 Å². The average Bonchev–Trinajstić information content (AvgIpc) is 2.83. The molecule has 0 aliphatic carbocycles. The van der Waals surface area contributed by atoms with Gasteiger partial charge in [0.1, 0.15) is 30.2 Å². The molecule has 0 amide bonds. The molecule has 180 valence electrons. The molecule has 2 aromatic carbocycles. The standard InChI is InChI=1S/C25H32O8/c26-14-21-22(28)23(29)24(30)25(33-21)32-19-12-8-16-5-9-17(27)4-2-1-3-15-6-10-18(11-7-15)31-20(19)13-16/h6-8,10-13,17,21-30H,1-5,9,14H2/t17-,21-,22-,23+,24-,25+/m1/s1. The summed E-state index contributed by atoms with van der Waals surface area (Å²) >= 11 is 0. The molecule has 8 heteroatoms. The summed E-state index contributed by atoms with van der Waals surface area (Å²) in [5.74, 6) is 1.28.